The molecule has 7 heteroatoms. The first-order chi connectivity index (χ1) is 11.9. The Balaban J connectivity index is 1.73. The van der Waals surface area contributed by atoms with Crippen molar-refractivity contribution in [2.75, 3.05) is 13.2 Å². The van der Waals surface area contributed by atoms with Crippen LogP contribution in [-0.2, 0) is 0 Å². The molecule has 1 aromatic rings. The van der Waals surface area contributed by atoms with Gasteiger partial charge in [-0.1, -0.05) is 19.3 Å². The van der Waals surface area contributed by atoms with Gasteiger partial charge in [0.1, 0.15) is 0 Å². The molecule has 3 rings (SSSR count). The van der Waals surface area contributed by atoms with E-state index in [0.717, 1.165) is 44.9 Å². The molecule has 1 aromatic carbocycles. The zero-order valence-electron chi connectivity index (χ0n) is 13.9. The lowest BCUT2D eigenvalue weighted by Crippen LogP contribution is -2.21. The van der Waals surface area contributed by atoms with Crippen LogP contribution in [0.15, 0.2) is 12.1 Å². The van der Waals surface area contributed by atoms with E-state index in [9.17, 15) is 17.6 Å². The lowest BCUT2D eigenvalue weighted by molar-refractivity contribution is -0.276. The molecule has 0 saturated heterocycles. The van der Waals surface area contributed by atoms with E-state index in [-0.39, 0.29) is 24.0 Å². The molecule has 0 atom stereocenters. The molecule has 2 saturated carbocycles. The normalized spacial score (nSPS) is 18.9. The number of halogens is 4. The molecule has 140 valence electrons. The van der Waals surface area contributed by atoms with E-state index in [1.165, 1.54) is 12.1 Å². The predicted octanol–water partition coefficient (Wildman–Crippen LogP) is 5.47. The molecule has 0 unspecified atom stereocenters. The standard InChI is InChI=1S/C18H22F4O3/c19-16-14(23-10-13-6-3-7-13)8-9-15(17(16)25-18(20,21)22)24-11-12-4-1-2-5-12/h8-9,12-13H,1-7,10-11H2. The fraction of sp³-hybridized carbons (Fsp3) is 0.667. The Morgan fingerprint density at radius 1 is 0.840 bits per heavy atom. The Morgan fingerprint density at radius 3 is 1.88 bits per heavy atom. The van der Waals surface area contributed by atoms with Crippen molar-refractivity contribution < 1.29 is 31.8 Å². The second-order valence-corrected chi connectivity index (χ2v) is 6.82. The summed E-state index contributed by atoms with van der Waals surface area (Å²) in [5.41, 5.74) is 0. The minimum atomic E-state index is -5.00. The number of rotatable bonds is 7. The maximum absolute atomic E-state index is 14.5. The molecule has 2 aliphatic rings. The molecule has 0 radical (unpaired) electrons. The van der Waals surface area contributed by atoms with Gasteiger partial charge in [-0.3, -0.25) is 0 Å². The molecule has 2 fully saturated rings. The lowest BCUT2D eigenvalue weighted by atomic mass is 9.86. The molecule has 0 aromatic heterocycles. The van der Waals surface area contributed by atoms with Crippen LogP contribution in [0.2, 0.25) is 0 Å². The molecule has 25 heavy (non-hydrogen) atoms. The van der Waals surface area contributed by atoms with Gasteiger partial charge in [-0.2, -0.15) is 4.39 Å². The second-order valence-electron chi connectivity index (χ2n) is 6.82. The van der Waals surface area contributed by atoms with Crippen molar-refractivity contribution in [2.24, 2.45) is 11.8 Å². The molecule has 0 amide bonds. The van der Waals surface area contributed by atoms with Gasteiger partial charge >= 0.3 is 6.36 Å². The first kappa shape index (κ1) is 18.1. The summed E-state index contributed by atoms with van der Waals surface area (Å²) in [7, 11) is 0. The van der Waals surface area contributed by atoms with Crippen LogP contribution in [0.4, 0.5) is 17.6 Å². The van der Waals surface area contributed by atoms with Crippen LogP contribution in [0.25, 0.3) is 0 Å². The maximum atomic E-state index is 14.5. The Bertz CT molecular complexity index is 578. The Morgan fingerprint density at radius 2 is 1.36 bits per heavy atom. The highest BCUT2D eigenvalue weighted by atomic mass is 19.4. The maximum Gasteiger partial charge on any atom is 0.573 e. The van der Waals surface area contributed by atoms with Gasteiger partial charge in [-0.15, -0.1) is 13.2 Å². The summed E-state index contributed by atoms with van der Waals surface area (Å²) in [6.45, 7) is 0.556. The Labute approximate surface area is 144 Å². The Hall–Kier alpha value is -1.66. The average molecular weight is 362 g/mol. The van der Waals surface area contributed by atoms with Crippen molar-refractivity contribution in [3.8, 4) is 17.2 Å². The highest BCUT2D eigenvalue weighted by molar-refractivity contribution is 5.47. The van der Waals surface area contributed by atoms with Gasteiger partial charge < -0.3 is 14.2 Å². The van der Waals surface area contributed by atoms with Crippen LogP contribution in [0, 0.1) is 17.7 Å². The fourth-order valence-corrected chi connectivity index (χ4v) is 3.21. The minimum absolute atomic E-state index is 0.237. The summed E-state index contributed by atoms with van der Waals surface area (Å²) in [4.78, 5) is 0. The molecular weight excluding hydrogens is 340 g/mol. The van der Waals surface area contributed by atoms with Gasteiger partial charge in [0.15, 0.2) is 11.5 Å². The van der Waals surface area contributed by atoms with Crippen LogP contribution < -0.4 is 14.2 Å². The van der Waals surface area contributed by atoms with E-state index in [0.29, 0.717) is 12.5 Å². The summed E-state index contributed by atoms with van der Waals surface area (Å²) < 4.78 is 67.2. The van der Waals surface area contributed by atoms with Crippen molar-refractivity contribution in [1.82, 2.24) is 0 Å². The zero-order chi connectivity index (χ0) is 17.9. The molecule has 0 aliphatic heterocycles. The number of ether oxygens (including phenoxy) is 3. The van der Waals surface area contributed by atoms with Gasteiger partial charge in [-0.25, -0.2) is 0 Å². The molecule has 3 nitrogen and oxygen atoms in total. The third-order valence-corrected chi connectivity index (χ3v) is 4.89. The van der Waals surface area contributed by atoms with Gasteiger partial charge in [0.2, 0.25) is 11.6 Å². The Kier molecular flexibility index (Phi) is 5.59. The van der Waals surface area contributed by atoms with E-state index in [1.54, 1.807) is 0 Å². The first-order valence-corrected chi connectivity index (χ1v) is 8.76. The van der Waals surface area contributed by atoms with E-state index in [4.69, 9.17) is 9.47 Å². The molecule has 0 spiro atoms. The zero-order valence-corrected chi connectivity index (χ0v) is 13.9. The van der Waals surface area contributed by atoms with Crippen LogP contribution in [0.1, 0.15) is 44.9 Å². The van der Waals surface area contributed by atoms with E-state index in [1.807, 2.05) is 0 Å². The first-order valence-electron chi connectivity index (χ1n) is 8.76. The number of benzene rings is 1. The third kappa shape index (κ3) is 4.92. The predicted molar refractivity (Wildman–Crippen MR) is 83.4 cm³/mol. The molecule has 0 N–H and O–H groups in total. The van der Waals surface area contributed by atoms with Crippen molar-refractivity contribution in [3.63, 3.8) is 0 Å². The largest absolute Gasteiger partial charge is 0.573 e. The van der Waals surface area contributed by atoms with Crippen LogP contribution in [0.3, 0.4) is 0 Å². The lowest BCUT2D eigenvalue weighted by Gasteiger charge is -2.25. The topological polar surface area (TPSA) is 27.7 Å². The molecule has 0 bridgehead atoms. The van der Waals surface area contributed by atoms with Crippen molar-refractivity contribution in [2.45, 2.75) is 51.3 Å². The van der Waals surface area contributed by atoms with E-state index in [2.05, 4.69) is 4.74 Å². The smallest absolute Gasteiger partial charge is 0.490 e. The van der Waals surface area contributed by atoms with Crippen LogP contribution in [0.5, 0.6) is 17.2 Å². The minimum Gasteiger partial charge on any atom is -0.490 e. The van der Waals surface area contributed by atoms with Crippen LogP contribution >= 0.6 is 0 Å². The number of hydrogen-bond donors (Lipinski definition) is 0. The van der Waals surface area contributed by atoms with E-state index >= 15 is 0 Å². The van der Waals surface area contributed by atoms with Crippen molar-refractivity contribution in [3.05, 3.63) is 17.9 Å². The number of alkyl halides is 3. The summed E-state index contributed by atoms with van der Waals surface area (Å²) in [6.07, 6.45) is 2.21. The highest BCUT2D eigenvalue weighted by Gasteiger charge is 2.35. The summed E-state index contributed by atoms with van der Waals surface area (Å²) in [5.74, 6) is -1.96. The van der Waals surface area contributed by atoms with E-state index < -0.39 is 17.9 Å². The summed E-state index contributed by atoms with van der Waals surface area (Å²) in [6, 6.07) is 2.59. The summed E-state index contributed by atoms with van der Waals surface area (Å²) >= 11 is 0. The summed E-state index contributed by atoms with van der Waals surface area (Å²) in [5, 5.41) is 0. The molecular formula is C18H22F4O3. The highest BCUT2D eigenvalue weighted by Crippen LogP contribution is 2.40. The van der Waals surface area contributed by atoms with Crippen molar-refractivity contribution in [1.29, 1.82) is 0 Å². The van der Waals surface area contributed by atoms with Gasteiger partial charge in [-0.05, 0) is 49.7 Å². The van der Waals surface area contributed by atoms with Crippen molar-refractivity contribution >= 4 is 0 Å². The fourth-order valence-electron chi connectivity index (χ4n) is 3.21. The molecule has 0 heterocycles. The quantitative estimate of drug-likeness (QED) is 0.602. The van der Waals surface area contributed by atoms with Crippen LogP contribution in [-0.4, -0.2) is 19.6 Å². The molecule has 2 aliphatic carbocycles. The number of hydrogen-bond acceptors (Lipinski definition) is 3. The van der Waals surface area contributed by atoms with Gasteiger partial charge in [0.25, 0.3) is 0 Å². The van der Waals surface area contributed by atoms with Gasteiger partial charge in [0, 0.05) is 0 Å². The monoisotopic (exact) mass is 362 g/mol. The third-order valence-electron chi connectivity index (χ3n) is 4.89. The van der Waals surface area contributed by atoms with Gasteiger partial charge in [0.05, 0.1) is 13.2 Å². The SMILES string of the molecule is Fc1c(OCC2CCC2)ccc(OCC2CCCC2)c1OC(F)(F)F. The second kappa shape index (κ2) is 7.70. The average Bonchev–Trinajstić information content (AvgIpc) is 3.00.